The van der Waals surface area contributed by atoms with Crippen LogP contribution in [0.1, 0.15) is 22.7 Å². The summed E-state index contributed by atoms with van der Waals surface area (Å²) in [6.45, 7) is 4.23. The molecule has 170 valence electrons. The molecule has 0 fully saturated rings. The Morgan fingerprint density at radius 3 is 2.41 bits per heavy atom. The summed E-state index contributed by atoms with van der Waals surface area (Å²) in [4.78, 5) is 27.9. The standard InChI is InChI=1S/C29H25NO4/c1-2-18-34-24-15-9-14-23(19-24)27-26(25(31)17-16-21-10-5-3-6-11-21)28(32)29(33)30(27)20-22-12-7-4-8-13-22/h2-17,19,27,32H,1,18,20H2. The van der Waals surface area contributed by atoms with Crippen molar-refractivity contribution in [2.75, 3.05) is 6.61 Å². The van der Waals surface area contributed by atoms with E-state index in [1.807, 2.05) is 66.7 Å². The molecule has 4 rings (SSSR count). The quantitative estimate of drug-likeness (QED) is 0.348. The molecule has 3 aromatic carbocycles. The van der Waals surface area contributed by atoms with E-state index in [1.54, 1.807) is 30.4 Å². The van der Waals surface area contributed by atoms with Gasteiger partial charge in [-0.25, -0.2) is 0 Å². The van der Waals surface area contributed by atoms with E-state index in [2.05, 4.69) is 6.58 Å². The number of benzene rings is 3. The summed E-state index contributed by atoms with van der Waals surface area (Å²) in [5.74, 6) is -0.945. The second kappa shape index (κ2) is 10.5. The molecule has 34 heavy (non-hydrogen) atoms. The number of nitrogens with zero attached hydrogens (tertiary/aromatic N) is 1. The first-order chi connectivity index (χ1) is 16.6. The topological polar surface area (TPSA) is 66.8 Å². The lowest BCUT2D eigenvalue weighted by Crippen LogP contribution is -2.30. The molecule has 1 aliphatic heterocycles. The largest absolute Gasteiger partial charge is 0.503 e. The van der Waals surface area contributed by atoms with Crippen LogP contribution in [0.15, 0.2) is 115 Å². The van der Waals surface area contributed by atoms with Gasteiger partial charge in [0.25, 0.3) is 5.91 Å². The zero-order chi connectivity index (χ0) is 23.9. The van der Waals surface area contributed by atoms with Gasteiger partial charge in [0.1, 0.15) is 12.4 Å². The number of aliphatic hydroxyl groups excluding tert-OH is 1. The predicted molar refractivity (Wildman–Crippen MR) is 132 cm³/mol. The average Bonchev–Trinajstić information content (AvgIpc) is 3.12. The summed E-state index contributed by atoms with van der Waals surface area (Å²) in [7, 11) is 0. The fraction of sp³-hybridized carbons (Fsp3) is 0.103. The molecule has 0 aromatic heterocycles. The summed E-state index contributed by atoms with van der Waals surface area (Å²) in [6, 6.07) is 25.3. The number of ketones is 1. The highest BCUT2D eigenvalue weighted by atomic mass is 16.5. The van der Waals surface area contributed by atoms with Gasteiger partial charge in [-0.2, -0.15) is 0 Å². The van der Waals surface area contributed by atoms with Gasteiger partial charge in [-0.3, -0.25) is 9.59 Å². The number of rotatable bonds is 9. The molecule has 0 saturated heterocycles. The fourth-order valence-electron chi connectivity index (χ4n) is 3.95. The average molecular weight is 452 g/mol. The van der Waals surface area contributed by atoms with Crippen molar-refractivity contribution in [3.63, 3.8) is 0 Å². The minimum atomic E-state index is -0.757. The van der Waals surface area contributed by atoms with Crippen LogP contribution in [0, 0.1) is 0 Å². The van der Waals surface area contributed by atoms with E-state index in [1.165, 1.54) is 11.0 Å². The zero-order valence-electron chi connectivity index (χ0n) is 18.6. The normalized spacial score (nSPS) is 15.7. The van der Waals surface area contributed by atoms with Gasteiger partial charge in [0, 0.05) is 6.54 Å². The molecule has 0 spiro atoms. The molecule has 1 N–H and O–H groups in total. The van der Waals surface area contributed by atoms with Crippen molar-refractivity contribution in [3.8, 4) is 5.75 Å². The molecule has 1 unspecified atom stereocenters. The van der Waals surface area contributed by atoms with Crippen molar-refractivity contribution in [2.24, 2.45) is 0 Å². The lowest BCUT2D eigenvalue weighted by molar-refractivity contribution is -0.130. The summed E-state index contributed by atoms with van der Waals surface area (Å²) in [5, 5.41) is 10.8. The smallest absolute Gasteiger partial charge is 0.290 e. The highest BCUT2D eigenvalue weighted by molar-refractivity contribution is 6.14. The van der Waals surface area contributed by atoms with Crippen LogP contribution >= 0.6 is 0 Å². The Labute approximate surface area is 198 Å². The van der Waals surface area contributed by atoms with Crippen molar-refractivity contribution < 1.29 is 19.4 Å². The zero-order valence-corrected chi connectivity index (χ0v) is 18.6. The minimum Gasteiger partial charge on any atom is -0.503 e. The summed E-state index contributed by atoms with van der Waals surface area (Å²) in [5.41, 5.74) is 2.46. The van der Waals surface area contributed by atoms with E-state index in [0.29, 0.717) is 17.9 Å². The van der Waals surface area contributed by atoms with E-state index < -0.39 is 23.5 Å². The van der Waals surface area contributed by atoms with E-state index in [-0.39, 0.29) is 12.1 Å². The molecule has 1 atom stereocenters. The van der Waals surface area contributed by atoms with E-state index >= 15 is 0 Å². The van der Waals surface area contributed by atoms with Crippen LogP contribution < -0.4 is 4.74 Å². The first kappa shape index (κ1) is 22.8. The number of aliphatic hydroxyl groups is 1. The predicted octanol–water partition coefficient (Wildman–Crippen LogP) is 5.43. The van der Waals surface area contributed by atoms with Crippen LogP contribution in [0.3, 0.4) is 0 Å². The van der Waals surface area contributed by atoms with Gasteiger partial charge in [0.2, 0.25) is 0 Å². The van der Waals surface area contributed by atoms with Gasteiger partial charge in [0.05, 0.1) is 11.6 Å². The molecule has 0 aliphatic carbocycles. The number of ether oxygens (including phenoxy) is 1. The molecular formula is C29H25NO4. The molecule has 0 saturated carbocycles. The Bertz CT molecular complexity index is 1250. The highest BCUT2D eigenvalue weighted by Crippen LogP contribution is 2.40. The number of hydrogen-bond donors (Lipinski definition) is 1. The SMILES string of the molecule is C=CCOc1cccc(C2C(C(=O)C=Cc3ccccc3)=C(O)C(=O)N2Cc2ccccc2)c1. The first-order valence-electron chi connectivity index (χ1n) is 11.0. The van der Waals surface area contributed by atoms with Gasteiger partial charge in [-0.15, -0.1) is 0 Å². The van der Waals surface area contributed by atoms with E-state index in [4.69, 9.17) is 4.74 Å². The summed E-state index contributed by atoms with van der Waals surface area (Å²) >= 11 is 0. The Kier molecular flexibility index (Phi) is 7.04. The summed E-state index contributed by atoms with van der Waals surface area (Å²) < 4.78 is 5.66. The third-order valence-electron chi connectivity index (χ3n) is 5.53. The third kappa shape index (κ3) is 4.99. The molecular weight excluding hydrogens is 426 g/mol. The lowest BCUT2D eigenvalue weighted by Gasteiger charge is -2.27. The van der Waals surface area contributed by atoms with Crippen LogP contribution in [0.5, 0.6) is 5.75 Å². The van der Waals surface area contributed by atoms with Crippen molar-refractivity contribution in [1.29, 1.82) is 0 Å². The monoisotopic (exact) mass is 451 g/mol. The van der Waals surface area contributed by atoms with Gasteiger partial charge in [-0.1, -0.05) is 91.5 Å². The van der Waals surface area contributed by atoms with Crippen LogP contribution in [0.4, 0.5) is 0 Å². The van der Waals surface area contributed by atoms with Crippen LogP contribution in [-0.2, 0) is 16.1 Å². The third-order valence-corrected chi connectivity index (χ3v) is 5.53. The lowest BCUT2D eigenvalue weighted by atomic mass is 9.95. The number of hydrogen-bond acceptors (Lipinski definition) is 4. The van der Waals surface area contributed by atoms with Gasteiger partial charge >= 0.3 is 0 Å². The first-order valence-corrected chi connectivity index (χ1v) is 11.0. The molecule has 0 bridgehead atoms. The van der Waals surface area contributed by atoms with Crippen molar-refractivity contribution in [3.05, 3.63) is 132 Å². The van der Waals surface area contributed by atoms with Gasteiger partial charge < -0.3 is 14.7 Å². The molecule has 1 aliphatic rings. The van der Waals surface area contributed by atoms with Crippen molar-refractivity contribution in [2.45, 2.75) is 12.6 Å². The number of carbonyl (C=O) groups excluding carboxylic acids is 2. The Hall–Kier alpha value is -4.38. The minimum absolute atomic E-state index is 0.0500. The summed E-state index contributed by atoms with van der Waals surface area (Å²) in [6.07, 6.45) is 4.71. The number of amides is 1. The Morgan fingerprint density at radius 1 is 1.00 bits per heavy atom. The maximum atomic E-state index is 13.3. The van der Waals surface area contributed by atoms with Gasteiger partial charge in [0.15, 0.2) is 11.5 Å². The van der Waals surface area contributed by atoms with Gasteiger partial charge in [-0.05, 0) is 34.9 Å². The molecule has 5 heteroatoms. The van der Waals surface area contributed by atoms with Crippen LogP contribution in [0.2, 0.25) is 0 Å². The molecule has 5 nitrogen and oxygen atoms in total. The maximum absolute atomic E-state index is 13.3. The second-order valence-corrected chi connectivity index (χ2v) is 7.86. The van der Waals surface area contributed by atoms with Crippen molar-refractivity contribution >= 4 is 17.8 Å². The number of carbonyl (C=O) groups is 2. The Balaban J connectivity index is 1.73. The van der Waals surface area contributed by atoms with E-state index in [0.717, 1.165) is 11.1 Å². The van der Waals surface area contributed by atoms with Crippen LogP contribution in [-0.4, -0.2) is 28.3 Å². The molecule has 0 radical (unpaired) electrons. The van der Waals surface area contributed by atoms with E-state index in [9.17, 15) is 14.7 Å². The second-order valence-electron chi connectivity index (χ2n) is 7.86. The molecule has 1 amide bonds. The number of allylic oxidation sites excluding steroid dienone is 1. The van der Waals surface area contributed by atoms with Crippen LogP contribution in [0.25, 0.3) is 6.08 Å². The molecule has 3 aromatic rings. The molecule has 1 heterocycles. The fourth-order valence-corrected chi connectivity index (χ4v) is 3.95. The van der Waals surface area contributed by atoms with Crippen molar-refractivity contribution in [1.82, 2.24) is 4.90 Å². The highest BCUT2D eigenvalue weighted by Gasteiger charge is 2.43. The maximum Gasteiger partial charge on any atom is 0.290 e. The Morgan fingerprint density at radius 2 is 1.71 bits per heavy atom.